The molecule has 12 aromatic rings. The minimum Gasteiger partial charge on any atom is -0.310 e. The van der Waals surface area contributed by atoms with Gasteiger partial charge in [-0.15, -0.1) is 0 Å². The van der Waals surface area contributed by atoms with Crippen molar-refractivity contribution in [3.05, 3.63) is 288 Å². The zero-order valence-electron chi connectivity index (χ0n) is 40.1. The average molecular weight is 917 g/mol. The van der Waals surface area contributed by atoms with E-state index in [9.17, 15) is 0 Å². The Hall–Kier alpha value is -8.98. The number of hydrogen-bond acceptors (Lipinski definition) is 1. The maximum absolute atomic E-state index is 2.53. The maximum atomic E-state index is 2.53. The molecule has 1 heterocycles. The first-order chi connectivity index (χ1) is 35.5. The second kappa shape index (κ2) is 15.3. The van der Waals surface area contributed by atoms with Gasteiger partial charge in [-0.2, -0.15) is 0 Å². The van der Waals surface area contributed by atoms with Crippen LogP contribution in [0.25, 0.3) is 83.1 Å². The van der Waals surface area contributed by atoms with Crippen LogP contribution in [0.2, 0.25) is 0 Å². The van der Waals surface area contributed by atoms with E-state index in [2.05, 4.69) is 278 Å². The third kappa shape index (κ3) is 5.61. The maximum Gasteiger partial charge on any atom is 0.0726 e. The molecule has 0 N–H and O–H groups in total. The lowest BCUT2D eigenvalue weighted by Crippen LogP contribution is -2.25. The van der Waals surface area contributed by atoms with E-state index in [0.29, 0.717) is 0 Å². The Morgan fingerprint density at radius 3 is 1.42 bits per heavy atom. The molecule has 0 saturated carbocycles. The third-order valence-corrected chi connectivity index (χ3v) is 16.4. The van der Waals surface area contributed by atoms with Crippen molar-refractivity contribution in [3.63, 3.8) is 0 Å². The van der Waals surface area contributed by atoms with Crippen LogP contribution in [-0.4, -0.2) is 4.57 Å². The fourth-order valence-electron chi connectivity index (χ4n) is 13.2. The van der Waals surface area contributed by atoms with E-state index in [1.807, 2.05) is 0 Å². The number of para-hydroxylation sites is 1. The summed E-state index contributed by atoms with van der Waals surface area (Å²) in [5, 5.41) is 2.49. The first-order valence-electron chi connectivity index (χ1n) is 25.3. The van der Waals surface area contributed by atoms with E-state index in [0.717, 1.165) is 17.1 Å². The summed E-state index contributed by atoms with van der Waals surface area (Å²) in [4.78, 5) is 2.46. The molecular formula is C70H48N2. The molecule has 3 aliphatic carbocycles. The third-order valence-electron chi connectivity index (χ3n) is 16.4. The molecule has 11 aromatic carbocycles. The van der Waals surface area contributed by atoms with Crippen LogP contribution in [0.15, 0.2) is 255 Å². The Balaban J connectivity index is 0.902. The van der Waals surface area contributed by atoms with Gasteiger partial charge in [-0.25, -0.2) is 0 Å². The molecule has 0 aliphatic heterocycles. The SMILES string of the molecule is CC1(C)c2ccccc2-c2c(N(c3ccc(-c4ccccc4)cc3)c3ccc(-c4ccc5c(c4)c4cc6c(cc4n5-c4ccccc4)C4(c5ccccc5-c5ccccc54)c4ccccc4-6)cc3)cccc21. The highest BCUT2D eigenvalue weighted by Gasteiger charge is 2.52. The zero-order valence-corrected chi connectivity index (χ0v) is 40.1. The average Bonchev–Trinajstić information content (AvgIpc) is 4.11. The van der Waals surface area contributed by atoms with E-state index >= 15 is 0 Å². The highest BCUT2D eigenvalue weighted by atomic mass is 15.1. The second-order valence-electron chi connectivity index (χ2n) is 20.4. The zero-order chi connectivity index (χ0) is 47.7. The molecule has 0 saturated heterocycles. The van der Waals surface area contributed by atoms with E-state index in [1.165, 1.54) is 117 Å². The normalized spacial score (nSPS) is 13.9. The number of hydrogen-bond donors (Lipinski definition) is 0. The van der Waals surface area contributed by atoms with Gasteiger partial charge in [0.25, 0.3) is 0 Å². The molecule has 2 heteroatoms. The molecule has 15 rings (SSSR count). The van der Waals surface area contributed by atoms with Crippen LogP contribution in [0.1, 0.15) is 47.2 Å². The van der Waals surface area contributed by atoms with Crippen molar-refractivity contribution in [2.24, 2.45) is 0 Å². The van der Waals surface area contributed by atoms with E-state index in [4.69, 9.17) is 0 Å². The van der Waals surface area contributed by atoms with Crippen molar-refractivity contribution in [2.75, 3.05) is 4.90 Å². The quantitative estimate of drug-likeness (QED) is 0.161. The Bertz CT molecular complexity index is 4110. The Morgan fingerprint density at radius 2 is 0.792 bits per heavy atom. The van der Waals surface area contributed by atoms with Gasteiger partial charge in [0, 0.05) is 38.8 Å². The number of anilines is 3. The van der Waals surface area contributed by atoms with Crippen LogP contribution in [0.4, 0.5) is 17.1 Å². The summed E-state index contributed by atoms with van der Waals surface area (Å²) >= 11 is 0. The summed E-state index contributed by atoms with van der Waals surface area (Å²) in [6.07, 6.45) is 0. The number of nitrogens with zero attached hydrogens (tertiary/aromatic N) is 2. The lowest BCUT2D eigenvalue weighted by atomic mass is 9.70. The standard InChI is InChI=1S/C70H48N2/c1-69(2)59-26-13-12-25-55(59)68-63(69)30-17-31-66(68)71(50-37-32-46(33-38-50)45-18-5-3-6-19-45)51-39-34-47(35-40-51)48-36-41-65-57(42-48)58-43-56-54-24-11-16-29-62(54)70(64(56)44-67(58)72(65)49-20-7-4-8-21-49)60-27-14-9-22-52(60)53-23-10-15-28-61(53)70/h3-44H,1-2H3. The predicted molar refractivity (Wildman–Crippen MR) is 300 cm³/mol. The van der Waals surface area contributed by atoms with Gasteiger partial charge in [-0.3, -0.25) is 0 Å². The van der Waals surface area contributed by atoms with Gasteiger partial charge >= 0.3 is 0 Å². The molecule has 72 heavy (non-hydrogen) atoms. The van der Waals surface area contributed by atoms with Gasteiger partial charge in [0.05, 0.1) is 22.1 Å². The first kappa shape index (κ1) is 40.9. The molecule has 0 atom stereocenters. The molecule has 0 radical (unpaired) electrons. The molecule has 0 bridgehead atoms. The van der Waals surface area contributed by atoms with Crippen molar-refractivity contribution in [1.29, 1.82) is 0 Å². The molecule has 338 valence electrons. The van der Waals surface area contributed by atoms with E-state index in [1.54, 1.807) is 0 Å². The summed E-state index contributed by atoms with van der Waals surface area (Å²) in [5.41, 5.74) is 27.2. The smallest absolute Gasteiger partial charge is 0.0726 e. The number of benzene rings is 11. The summed E-state index contributed by atoms with van der Waals surface area (Å²) in [5.74, 6) is 0. The summed E-state index contributed by atoms with van der Waals surface area (Å²) < 4.78 is 2.49. The van der Waals surface area contributed by atoms with Gasteiger partial charge in [0.1, 0.15) is 0 Å². The molecule has 0 amide bonds. The van der Waals surface area contributed by atoms with Crippen molar-refractivity contribution >= 4 is 38.9 Å². The number of fused-ring (bicyclic) bond motifs is 16. The molecule has 2 nitrogen and oxygen atoms in total. The molecule has 1 aromatic heterocycles. The predicted octanol–water partition coefficient (Wildman–Crippen LogP) is 18.2. The van der Waals surface area contributed by atoms with Gasteiger partial charge < -0.3 is 9.47 Å². The Labute approximate surface area is 420 Å². The Morgan fingerprint density at radius 1 is 0.319 bits per heavy atom. The largest absolute Gasteiger partial charge is 0.310 e. The monoisotopic (exact) mass is 916 g/mol. The minimum atomic E-state index is -0.421. The minimum absolute atomic E-state index is 0.116. The van der Waals surface area contributed by atoms with Gasteiger partial charge in [0.2, 0.25) is 0 Å². The molecular weight excluding hydrogens is 869 g/mol. The first-order valence-corrected chi connectivity index (χ1v) is 25.3. The second-order valence-corrected chi connectivity index (χ2v) is 20.4. The van der Waals surface area contributed by atoms with Crippen LogP contribution in [-0.2, 0) is 10.8 Å². The Kier molecular flexibility index (Phi) is 8.66. The fraction of sp³-hybridized carbons (Fsp3) is 0.0571. The number of aromatic nitrogens is 1. The lowest BCUT2D eigenvalue weighted by molar-refractivity contribution is 0.660. The highest BCUT2D eigenvalue weighted by Crippen LogP contribution is 2.63. The fourth-order valence-corrected chi connectivity index (χ4v) is 13.2. The molecule has 1 spiro atoms. The lowest BCUT2D eigenvalue weighted by Gasteiger charge is -2.30. The highest BCUT2D eigenvalue weighted by molar-refractivity contribution is 6.13. The van der Waals surface area contributed by atoms with Crippen LogP contribution in [0, 0.1) is 0 Å². The van der Waals surface area contributed by atoms with Crippen LogP contribution >= 0.6 is 0 Å². The van der Waals surface area contributed by atoms with Crippen LogP contribution in [0.3, 0.4) is 0 Å². The summed E-state index contributed by atoms with van der Waals surface area (Å²) in [6.45, 7) is 4.72. The van der Waals surface area contributed by atoms with Gasteiger partial charge in [-0.1, -0.05) is 202 Å². The van der Waals surface area contributed by atoms with Gasteiger partial charge in [-0.05, 0) is 150 Å². The summed E-state index contributed by atoms with van der Waals surface area (Å²) in [7, 11) is 0. The van der Waals surface area contributed by atoms with Crippen molar-refractivity contribution in [1.82, 2.24) is 4.57 Å². The van der Waals surface area contributed by atoms with E-state index in [-0.39, 0.29) is 5.41 Å². The van der Waals surface area contributed by atoms with Crippen LogP contribution in [0.5, 0.6) is 0 Å². The molecule has 0 unspecified atom stereocenters. The molecule has 0 fully saturated rings. The van der Waals surface area contributed by atoms with Crippen molar-refractivity contribution in [3.8, 4) is 61.3 Å². The summed E-state index contributed by atoms with van der Waals surface area (Å²) in [6, 6.07) is 95.1. The number of rotatable bonds is 6. The molecule has 3 aliphatic rings. The van der Waals surface area contributed by atoms with Crippen molar-refractivity contribution < 1.29 is 0 Å². The van der Waals surface area contributed by atoms with Crippen molar-refractivity contribution in [2.45, 2.75) is 24.7 Å². The van der Waals surface area contributed by atoms with Gasteiger partial charge in [0.15, 0.2) is 0 Å². The topological polar surface area (TPSA) is 8.17 Å². The van der Waals surface area contributed by atoms with Crippen LogP contribution < -0.4 is 4.90 Å². The van der Waals surface area contributed by atoms with E-state index < -0.39 is 5.41 Å².